The Morgan fingerprint density at radius 1 is 1.07 bits per heavy atom. The van der Waals surface area contributed by atoms with Crippen LogP contribution in [0.3, 0.4) is 0 Å². The fourth-order valence-electron chi connectivity index (χ4n) is 4.72. The maximum Gasteiger partial charge on any atom is 0.318 e. The van der Waals surface area contributed by atoms with E-state index < -0.39 is 0 Å². The molecule has 6 heteroatoms. The molecule has 5 rings (SSSR count). The SMILES string of the molecule is O=C(NC1CCCCC1)N1CCC[C@H]1c1nc2cc(-c3ccccc3F)ccc2o1. The van der Waals surface area contributed by atoms with Crippen molar-refractivity contribution in [3.8, 4) is 11.1 Å². The number of benzene rings is 2. The Bertz CT molecular complexity index is 1060. The minimum atomic E-state index is -0.262. The lowest BCUT2D eigenvalue weighted by Crippen LogP contribution is -2.45. The van der Waals surface area contributed by atoms with E-state index in [1.807, 2.05) is 29.2 Å². The van der Waals surface area contributed by atoms with Gasteiger partial charge >= 0.3 is 6.03 Å². The summed E-state index contributed by atoms with van der Waals surface area (Å²) in [4.78, 5) is 19.4. The molecule has 30 heavy (non-hydrogen) atoms. The van der Waals surface area contributed by atoms with E-state index in [1.165, 1.54) is 25.3 Å². The van der Waals surface area contributed by atoms with Crippen molar-refractivity contribution in [1.29, 1.82) is 0 Å². The van der Waals surface area contributed by atoms with Crippen molar-refractivity contribution >= 4 is 17.1 Å². The molecule has 1 N–H and O–H groups in total. The van der Waals surface area contributed by atoms with Crippen LogP contribution in [0.1, 0.15) is 56.9 Å². The Morgan fingerprint density at radius 2 is 1.90 bits per heavy atom. The van der Waals surface area contributed by atoms with Gasteiger partial charge in [0.2, 0.25) is 5.89 Å². The van der Waals surface area contributed by atoms with Gasteiger partial charge in [-0.3, -0.25) is 0 Å². The molecule has 0 unspecified atom stereocenters. The van der Waals surface area contributed by atoms with Gasteiger partial charge in [-0.2, -0.15) is 0 Å². The smallest absolute Gasteiger partial charge is 0.318 e. The lowest BCUT2D eigenvalue weighted by atomic mass is 9.96. The Balaban J connectivity index is 1.38. The van der Waals surface area contributed by atoms with Crippen LogP contribution in [0.2, 0.25) is 0 Å². The van der Waals surface area contributed by atoms with Crippen molar-refractivity contribution < 1.29 is 13.6 Å². The van der Waals surface area contributed by atoms with Crippen molar-refractivity contribution in [2.75, 3.05) is 6.54 Å². The van der Waals surface area contributed by atoms with Crippen molar-refractivity contribution in [3.05, 3.63) is 54.2 Å². The molecule has 0 radical (unpaired) electrons. The third-order valence-corrected chi connectivity index (χ3v) is 6.32. The molecular formula is C24H26FN3O2. The van der Waals surface area contributed by atoms with Gasteiger partial charge in [0.15, 0.2) is 5.58 Å². The van der Waals surface area contributed by atoms with Gasteiger partial charge in [-0.05, 0) is 49.4 Å². The molecule has 1 aliphatic carbocycles. The number of nitrogens with one attached hydrogen (secondary N) is 1. The van der Waals surface area contributed by atoms with Gasteiger partial charge in [0.25, 0.3) is 0 Å². The van der Waals surface area contributed by atoms with Crippen LogP contribution < -0.4 is 5.32 Å². The average molecular weight is 407 g/mol. The van der Waals surface area contributed by atoms with Crippen LogP contribution >= 0.6 is 0 Å². The highest BCUT2D eigenvalue weighted by Gasteiger charge is 2.34. The average Bonchev–Trinajstić information content (AvgIpc) is 3.41. The molecule has 1 saturated heterocycles. The zero-order chi connectivity index (χ0) is 20.5. The predicted octanol–water partition coefficient (Wildman–Crippen LogP) is 5.81. The first-order chi connectivity index (χ1) is 14.7. The number of oxazole rings is 1. The molecule has 2 aliphatic rings. The van der Waals surface area contributed by atoms with Gasteiger partial charge in [-0.15, -0.1) is 0 Å². The van der Waals surface area contributed by atoms with Crippen molar-refractivity contribution in [2.24, 2.45) is 0 Å². The summed E-state index contributed by atoms with van der Waals surface area (Å²) in [5.74, 6) is 0.300. The van der Waals surface area contributed by atoms with Crippen LogP contribution in [-0.4, -0.2) is 28.5 Å². The Kier molecular flexibility index (Phi) is 5.15. The van der Waals surface area contributed by atoms with Gasteiger partial charge in [-0.1, -0.05) is 43.5 Å². The summed E-state index contributed by atoms with van der Waals surface area (Å²) in [5.41, 5.74) is 2.65. The van der Waals surface area contributed by atoms with Crippen LogP contribution in [0.4, 0.5) is 9.18 Å². The molecule has 1 saturated carbocycles. The van der Waals surface area contributed by atoms with Gasteiger partial charge in [0, 0.05) is 18.2 Å². The second-order valence-electron chi connectivity index (χ2n) is 8.35. The van der Waals surface area contributed by atoms with E-state index in [1.54, 1.807) is 12.1 Å². The Hall–Kier alpha value is -2.89. The van der Waals surface area contributed by atoms with Crippen molar-refractivity contribution in [2.45, 2.75) is 57.0 Å². The number of fused-ring (bicyclic) bond motifs is 1. The number of carbonyl (C=O) groups excluding carboxylic acids is 1. The molecule has 5 nitrogen and oxygen atoms in total. The van der Waals surface area contributed by atoms with Crippen molar-refractivity contribution in [3.63, 3.8) is 0 Å². The van der Waals surface area contributed by atoms with E-state index in [0.29, 0.717) is 29.1 Å². The van der Waals surface area contributed by atoms with Crippen LogP contribution in [0, 0.1) is 5.82 Å². The number of likely N-dealkylation sites (tertiary alicyclic amines) is 1. The third-order valence-electron chi connectivity index (χ3n) is 6.32. The zero-order valence-electron chi connectivity index (χ0n) is 16.9. The van der Waals surface area contributed by atoms with Crippen LogP contribution in [0.5, 0.6) is 0 Å². The zero-order valence-corrected chi connectivity index (χ0v) is 16.9. The lowest BCUT2D eigenvalue weighted by Gasteiger charge is -2.28. The molecule has 0 bridgehead atoms. The second-order valence-corrected chi connectivity index (χ2v) is 8.35. The van der Waals surface area contributed by atoms with Crippen LogP contribution in [0.25, 0.3) is 22.2 Å². The highest BCUT2D eigenvalue weighted by atomic mass is 19.1. The quantitative estimate of drug-likeness (QED) is 0.596. The number of hydrogen-bond acceptors (Lipinski definition) is 3. The van der Waals surface area contributed by atoms with E-state index in [4.69, 9.17) is 4.42 Å². The predicted molar refractivity (Wildman–Crippen MR) is 113 cm³/mol. The second kappa shape index (κ2) is 8.09. The Morgan fingerprint density at radius 3 is 2.73 bits per heavy atom. The van der Waals surface area contributed by atoms with E-state index >= 15 is 0 Å². The molecule has 2 heterocycles. The van der Waals surface area contributed by atoms with Gasteiger partial charge < -0.3 is 14.6 Å². The van der Waals surface area contributed by atoms with Gasteiger partial charge in [-0.25, -0.2) is 14.2 Å². The van der Waals surface area contributed by atoms with E-state index in [0.717, 1.165) is 31.2 Å². The summed E-state index contributed by atoms with van der Waals surface area (Å²) in [6.07, 6.45) is 7.52. The highest BCUT2D eigenvalue weighted by Crippen LogP contribution is 2.35. The normalized spacial score (nSPS) is 20.0. The highest BCUT2D eigenvalue weighted by molar-refractivity contribution is 5.81. The maximum atomic E-state index is 14.2. The molecule has 1 aliphatic heterocycles. The minimum absolute atomic E-state index is 0.0151. The third kappa shape index (κ3) is 3.66. The first-order valence-corrected chi connectivity index (χ1v) is 10.9. The molecule has 1 aromatic heterocycles. The standard InChI is InChI=1S/C24H26FN3O2/c25-19-10-5-4-9-18(19)16-12-13-22-20(15-16)27-23(30-22)21-11-6-14-28(21)24(29)26-17-7-2-1-3-8-17/h4-5,9-10,12-13,15,17,21H,1-3,6-8,11,14H2,(H,26,29)/t21-/m0/s1. The summed E-state index contributed by atoms with van der Waals surface area (Å²) in [6, 6.07) is 12.3. The number of urea groups is 1. The summed E-state index contributed by atoms with van der Waals surface area (Å²) >= 11 is 0. The summed E-state index contributed by atoms with van der Waals surface area (Å²) < 4.78 is 20.2. The lowest BCUT2D eigenvalue weighted by molar-refractivity contribution is 0.178. The van der Waals surface area contributed by atoms with E-state index in [-0.39, 0.29) is 23.9 Å². The van der Waals surface area contributed by atoms with Gasteiger partial charge in [0.1, 0.15) is 17.4 Å². The summed E-state index contributed by atoms with van der Waals surface area (Å²) in [6.45, 7) is 0.711. The first-order valence-electron chi connectivity index (χ1n) is 10.9. The first kappa shape index (κ1) is 19.1. The van der Waals surface area contributed by atoms with E-state index in [9.17, 15) is 9.18 Å². The number of hydrogen-bond donors (Lipinski definition) is 1. The largest absolute Gasteiger partial charge is 0.438 e. The fraction of sp³-hybridized carbons (Fsp3) is 0.417. The van der Waals surface area contributed by atoms with E-state index in [2.05, 4.69) is 10.3 Å². The topological polar surface area (TPSA) is 58.4 Å². The van der Waals surface area contributed by atoms with Gasteiger partial charge in [0.05, 0.1) is 0 Å². The molecule has 2 amide bonds. The number of nitrogens with zero attached hydrogens (tertiary/aromatic N) is 2. The van der Waals surface area contributed by atoms with Crippen LogP contribution in [0.15, 0.2) is 46.9 Å². The summed E-state index contributed by atoms with van der Waals surface area (Å²) in [7, 11) is 0. The molecule has 3 aromatic rings. The summed E-state index contributed by atoms with van der Waals surface area (Å²) in [5, 5.41) is 3.21. The number of rotatable bonds is 3. The molecule has 0 spiro atoms. The minimum Gasteiger partial charge on any atom is -0.438 e. The molecule has 2 aromatic carbocycles. The monoisotopic (exact) mass is 407 g/mol. The maximum absolute atomic E-state index is 14.2. The van der Waals surface area contributed by atoms with Crippen molar-refractivity contribution in [1.82, 2.24) is 15.2 Å². The van der Waals surface area contributed by atoms with Crippen LogP contribution in [-0.2, 0) is 0 Å². The molecular weight excluding hydrogens is 381 g/mol. The molecule has 2 fully saturated rings. The Labute approximate surface area is 175 Å². The molecule has 1 atom stereocenters. The fourth-order valence-corrected chi connectivity index (χ4v) is 4.72. The number of aromatic nitrogens is 1. The number of carbonyl (C=O) groups is 1. The molecule has 156 valence electrons. The number of amides is 2. The number of halogens is 1.